The maximum atomic E-state index is 11.9. The maximum absolute atomic E-state index is 11.9. The summed E-state index contributed by atoms with van der Waals surface area (Å²) < 4.78 is 10.9. The zero-order valence-electron chi connectivity index (χ0n) is 12.7. The van der Waals surface area contributed by atoms with E-state index >= 15 is 0 Å². The molecule has 0 unspecified atom stereocenters. The normalized spacial score (nSPS) is 10.3. The molecule has 1 N–H and O–H groups in total. The van der Waals surface area contributed by atoms with Crippen LogP contribution in [0.2, 0.25) is 0 Å². The molecule has 1 aromatic heterocycles. The van der Waals surface area contributed by atoms with Gasteiger partial charge < -0.3 is 14.5 Å². The number of rotatable bonds is 5. The van der Waals surface area contributed by atoms with Crippen LogP contribution < -0.4 is 10.1 Å². The average Bonchev–Trinajstić information content (AvgIpc) is 3.02. The van der Waals surface area contributed by atoms with Crippen molar-refractivity contribution in [2.45, 2.75) is 13.5 Å². The number of ether oxygens (including phenoxy) is 1. The lowest BCUT2D eigenvalue weighted by Crippen LogP contribution is -2.10. The molecule has 5 nitrogen and oxygen atoms in total. The van der Waals surface area contributed by atoms with Crippen molar-refractivity contribution in [3.63, 3.8) is 0 Å². The van der Waals surface area contributed by atoms with Crippen LogP contribution in [-0.2, 0) is 6.61 Å². The molecular weight excluding hydrogens is 292 g/mol. The first-order valence-electron chi connectivity index (χ1n) is 7.21. The number of carbonyl (C=O) groups is 1. The summed E-state index contributed by atoms with van der Waals surface area (Å²) in [5, 5.41) is 2.74. The second-order valence-corrected chi connectivity index (χ2v) is 5.00. The lowest BCUT2D eigenvalue weighted by atomic mass is 10.2. The lowest BCUT2D eigenvalue weighted by molar-refractivity contribution is 0.0995. The van der Waals surface area contributed by atoms with Crippen LogP contribution in [0.3, 0.4) is 0 Å². The average molecular weight is 308 g/mol. The van der Waals surface area contributed by atoms with Gasteiger partial charge >= 0.3 is 0 Å². The summed E-state index contributed by atoms with van der Waals surface area (Å²) in [6.07, 6.45) is 1.40. The number of aryl methyl sites for hydroxylation is 1. The Morgan fingerprint density at radius 1 is 1.13 bits per heavy atom. The van der Waals surface area contributed by atoms with Gasteiger partial charge in [0.2, 0.25) is 5.76 Å². The standard InChI is InChI=1S/C18H16N2O3/c1-13-19-11-17(23-13)18(21)20-15-7-9-16(10-8-15)22-12-14-5-3-2-4-6-14/h2-11H,12H2,1H3,(H,20,21). The molecule has 3 aromatic rings. The van der Waals surface area contributed by atoms with Crippen molar-refractivity contribution < 1.29 is 13.9 Å². The van der Waals surface area contributed by atoms with E-state index in [-0.39, 0.29) is 11.7 Å². The number of hydrogen-bond donors (Lipinski definition) is 1. The third-order valence-corrected chi connectivity index (χ3v) is 3.21. The van der Waals surface area contributed by atoms with Crippen LogP contribution in [0.5, 0.6) is 5.75 Å². The number of hydrogen-bond acceptors (Lipinski definition) is 4. The summed E-state index contributed by atoms with van der Waals surface area (Å²) in [5.41, 5.74) is 1.77. The Hall–Kier alpha value is -3.08. The highest BCUT2D eigenvalue weighted by atomic mass is 16.5. The van der Waals surface area contributed by atoms with Gasteiger partial charge in [0, 0.05) is 12.6 Å². The van der Waals surface area contributed by atoms with Crippen molar-refractivity contribution in [2.24, 2.45) is 0 Å². The van der Waals surface area contributed by atoms with Gasteiger partial charge in [-0.25, -0.2) is 4.98 Å². The monoisotopic (exact) mass is 308 g/mol. The van der Waals surface area contributed by atoms with Gasteiger partial charge in [0.15, 0.2) is 5.89 Å². The highest BCUT2D eigenvalue weighted by Crippen LogP contribution is 2.18. The number of nitrogens with zero attached hydrogens (tertiary/aromatic N) is 1. The van der Waals surface area contributed by atoms with Crippen LogP contribution in [0, 0.1) is 6.92 Å². The molecule has 0 aliphatic rings. The molecule has 0 bridgehead atoms. The highest BCUT2D eigenvalue weighted by molar-refractivity contribution is 6.02. The minimum absolute atomic E-state index is 0.187. The fourth-order valence-corrected chi connectivity index (χ4v) is 2.03. The number of anilines is 1. The van der Waals surface area contributed by atoms with E-state index in [0.717, 1.165) is 11.3 Å². The Morgan fingerprint density at radius 3 is 2.52 bits per heavy atom. The smallest absolute Gasteiger partial charge is 0.293 e. The summed E-state index contributed by atoms with van der Waals surface area (Å²) in [7, 11) is 0. The van der Waals surface area contributed by atoms with E-state index < -0.39 is 0 Å². The summed E-state index contributed by atoms with van der Waals surface area (Å²) >= 11 is 0. The zero-order chi connectivity index (χ0) is 16.1. The zero-order valence-corrected chi connectivity index (χ0v) is 12.7. The summed E-state index contributed by atoms with van der Waals surface area (Å²) in [6, 6.07) is 17.1. The maximum Gasteiger partial charge on any atom is 0.293 e. The van der Waals surface area contributed by atoms with Crippen LogP contribution in [0.1, 0.15) is 22.0 Å². The van der Waals surface area contributed by atoms with E-state index in [0.29, 0.717) is 18.2 Å². The molecule has 0 spiro atoms. The lowest BCUT2D eigenvalue weighted by Gasteiger charge is -2.08. The first kappa shape index (κ1) is 14.8. The first-order valence-corrected chi connectivity index (χ1v) is 7.21. The number of amides is 1. The topological polar surface area (TPSA) is 64.4 Å². The van der Waals surface area contributed by atoms with Gasteiger partial charge in [0.05, 0.1) is 6.20 Å². The highest BCUT2D eigenvalue weighted by Gasteiger charge is 2.11. The molecule has 1 heterocycles. The molecule has 0 radical (unpaired) electrons. The molecule has 3 rings (SSSR count). The number of oxazole rings is 1. The number of benzene rings is 2. The molecule has 116 valence electrons. The van der Waals surface area contributed by atoms with Crippen molar-refractivity contribution in [1.82, 2.24) is 4.98 Å². The molecule has 0 aliphatic heterocycles. The third kappa shape index (κ3) is 3.97. The first-order chi connectivity index (χ1) is 11.2. The van der Waals surface area contributed by atoms with E-state index in [9.17, 15) is 4.79 Å². The van der Waals surface area contributed by atoms with Crippen molar-refractivity contribution >= 4 is 11.6 Å². The minimum atomic E-state index is -0.330. The molecule has 0 saturated carbocycles. The molecule has 23 heavy (non-hydrogen) atoms. The minimum Gasteiger partial charge on any atom is -0.489 e. The Morgan fingerprint density at radius 2 is 1.87 bits per heavy atom. The van der Waals surface area contributed by atoms with Crippen LogP contribution >= 0.6 is 0 Å². The van der Waals surface area contributed by atoms with E-state index in [1.165, 1.54) is 6.20 Å². The number of carbonyl (C=O) groups excluding carboxylic acids is 1. The Kier molecular flexibility index (Phi) is 4.38. The molecule has 2 aromatic carbocycles. The predicted molar refractivity (Wildman–Crippen MR) is 86.4 cm³/mol. The van der Waals surface area contributed by atoms with Crippen LogP contribution in [0.25, 0.3) is 0 Å². The summed E-state index contributed by atoms with van der Waals surface area (Å²) in [5.74, 6) is 1.05. The predicted octanol–water partition coefficient (Wildman–Crippen LogP) is 3.81. The molecule has 0 aliphatic carbocycles. The summed E-state index contributed by atoms with van der Waals surface area (Å²) in [4.78, 5) is 15.8. The molecule has 5 heteroatoms. The SMILES string of the molecule is Cc1ncc(C(=O)Nc2ccc(OCc3ccccc3)cc2)o1. The van der Waals surface area contributed by atoms with Crippen molar-refractivity contribution in [3.05, 3.63) is 78.0 Å². The molecular formula is C18H16N2O3. The summed E-state index contributed by atoms with van der Waals surface area (Å²) in [6.45, 7) is 2.19. The van der Waals surface area contributed by atoms with Gasteiger partial charge in [-0.2, -0.15) is 0 Å². The van der Waals surface area contributed by atoms with E-state index in [1.54, 1.807) is 19.1 Å². The van der Waals surface area contributed by atoms with Crippen molar-refractivity contribution in [3.8, 4) is 5.75 Å². The second kappa shape index (κ2) is 6.79. The van der Waals surface area contributed by atoms with Gasteiger partial charge in [-0.15, -0.1) is 0 Å². The van der Waals surface area contributed by atoms with E-state index in [1.807, 2.05) is 42.5 Å². The van der Waals surface area contributed by atoms with Gasteiger partial charge in [0.1, 0.15) is 12.4 Å². The molecule has 1 amide bonds. The fourth-order valence-electron chi connectivity index (χ4n) is 2.03. The van der Waals surface area contributed by atoms with Gasteiger partial charge in [-0.1, -0.05) is 30.3 Å². The molecule has 0 fully saturated rings. The van der Waals surface area contributed by atoms with Crippen LogP contribution in [0.15, 0.2) is 65.2 Å². The number of nitrogens with one attached hydrogen (secondary N) is 1. The van der Waals surface area contributed by atoms with Crippen LogP contribution in [0.4, 0.5) is 5.69 Å². The van der Waals surface area contributed by atoms with E-state index in [2.05, 4.69) is 10.3 Å². The van der Waals surface area contributed by atoms with Gasteiger partial charge in [-0.3, -0.25) is 4.79 Å². The second-order valence-electron chi connectivity index (χ2n) is 5.00. The Bertz CT molecular complexity index is 780. The number of aromatic nitrogens is 1. The van der Waals surface area contributed by atoms with Gasteiger partial charge in [-0.05, 0) is 29.8 Å². The van der Waals surface area contributed by atoms with Gasteiger partial charge in [0.25, 0.3) is 5.91 Å². The van der Waals surface area contributed by atoms with E-state index in [4.69, 9.17) is 9.15 Å². The van der Waals surface area contributed by atoms with Crippen molar-refractivity contribution in [1.29, 1.82) is 0 Å². The quantitative estimate of drug-likeness (QED) is 0.778. The van der Waals surface area contributed by atoms with Crippen molar-refractivity contribution in [2.75, 3.05) is 5.32 Å². The Balaban J connectivity index is 1.57. The van der Waals surface area contributed by atoms with Crippen LogP contribution in [-0.4, -0.2) is 10.9 Å². The fraction of sp³-hybridized carbons (Fsp3) is 0.111. The Labute approximate surface area is 133 Å². The molecule has 0 atom stereocenters. The largest absolute Gasteiger partial charge is 0.489 e. The molecule has 0 saturated heterocycles. The third-order valence-electron chi connectivity index (χ3n) is 3.21.